The summed E-state index contributed by atoms with van der Waals surface area (Å²) in [5, 5.41) is 10.2. The smallest absolute Gasteiger partial charge is 0.416 e. The monoisotopic (exact) mass is 306 g/mol. The van der Waals surface area contributed by atoms with Crippen LogP contribution < -0.4 is 10.5 Å². The number of benzene rings is 1. The Hall–Kier alpha value is -1.31. The number of hydrogen-bond acceptors (Lipinski definition) is 4. The summed E-state index contributed by atoms with van der Waals surface area (Å²) in [6.45, 7) is 0.668. The molecule has 120 valence electrons. The molecule has 0 fully saturated rings. The van der Waals surface area contributed by atoms with Crippen molar-refractivity contribution in [3.05, 3.63) is 29.3 Å². The Balaban J connectivity index is 2.96. The lowest BCUT2D eigenvalue weighted by Crippen LogP contribution is -2.32. The number of hydrogen-bond donors (Lipinski definition) is 2. The second-order valence-corrected chi connectivity index (χ2v) is 5.16. The summed E-state index contributed by atoms with van der Waals surface area (Å²) in [7, 11) is 5.01. The molecule has 7 heteroatoms. The summed E-state index contributed by atoms with van der Waals surface area (Å²) in [5.74, 6) is -0.0161. The van der Waals surface area contributed by atoms with Gasteiger partial charge in [-0.25, -0.2) is 0 Å². The van der Waals surface area contributed by atoms with Crippen LogP contribution in [0.1, 0.15) is 23.7 Å². The molecule has 0 bridgehead atoms. The van der Waals surface area contributed by atoms with E-state index in [2.05, 4.69) is 0 Å². The predicted octanol–water partition coefficient (Wildman–Crippen LogP) is 2.03. The SMILES string of the molecule is COc1cc(C(F)(F)F)ccc1C(O)C(N)CCN(C)C. The van der Waals surface area contributed by atoms with Gasteiger partial charge in [0.25, 0.3) is 0 Å². The summed E-state index contributed by atoms with van der Waals surface area (Å²) in [6.07, 6.45) is -5.02. The zero-order valence-electron chi connectivity index (χ0n) is 12.3. The molecule has 0 spiro atoms. The van der Waals surface area contributed by atoms with Crippen LogP contribution in [0.4, 0.5) is 13.2 Å². The van der Waals surface area contributed by atoms with Crippen LogP contribution in [0.15, 0.2) is 18.2 Å². The zero-order chi connectivity index (χ0) is 16.2. The Kier molecular flexibility index (Phi) is 6.00. The lowest BCUT2D eigenvalue weighted by atomic mass is 9.98. The van der Waals surface area contributed by atoms with Gasteiger partial charge in [-0.2, -0.15) is 13.2 Å². The molecule has 0 amide bonds. The van der Waals surface area contributed by atoms with Gasteiger partial charge >= 0.3 is 6.18 Å². The number of aliphatic hydroxyl groups is 1. The van der Waals surface area contributed by atoms with Crippen molar-refractivity contribution in [3.8, 4) is 5.75 Å². The Morgan fingerprint density at radius 3 is 2.43 bits per heavy atom. The molecule has 0 aromatic heterocycles. The normalized spacial score (nSPS) is 15.1. The van der Waals surface area contributed by atoms with Gasteiger partial charge in [-0.05, 0) is 39.2 Å². The molecule has 0 aliphatic rings. The van der Waals surface area contributed by atoms with E-state index in [0.29, 0.717) is 13.0 Å². The predicted molar refractivity (Wildman–Crippen MR) is 74.1 cm³/mol. The van der Waals surface area contributed by atoms with Gasteiger partial charge < -0.3 is 20.5 Å². The molecule has 3 N–H and O–H groups in total. The maximum Gasteiger partial charge on any atom is 0.416 e. The fourth-order valence-corrected chi connectivity index (χ4v) is 1.93. The molecule has 0 aliphatic heterocycles. The van der Waals surface area contributed by atoms with E-state index in [1.807, 2.05) is 19.0 Å². The Bertz CT molecular complexity index is 464. The maximum absolute atomic E-state index is 12.7. The zero-order valence-corrected chi connectivity index (χ0v) is 12.3. The average Bonchev–Trinajstić information content (AvgIpc) is 2.42. The van der Waals surface area contributed by atoms with Crippen molar-refractivity contribution in [2.24, 2.45) is 5.73 Å². The molecular formula is C14H21F3N2O2. The first-order chi connectivity index (χ1) is 9.66. The number of halogens is 3. The molecule has 4 nitrogen and oxygen atoms in total. The molecule has 2 unspecified atom stereocenters. The van der Waals surface area contributed by atoms with Gasteiger partial charge in [0.1, 0.15) is 5.75 Å². The molecule has 0 heterocycles. The standard InChI is InChI=1S/C14H21F3N2O2/c1-19(2)7-6-11(18)13(20)10-5-4-9(14(15,16)17)8-12(10)21-3/h4-5,8,11,13,20H,6-7,18H2,1-3H3. The Labute approximate surface area is 122 Å². The number of rotatable bonds is 6. The highest BCUT2D eigenvalue weighted by molar-refractivity contribution is 5.40. The summed E-state index contributed by atoms with van der Waals surface area (Å²) in [5.41, 5.74) is 5.33. The fourth-order valence-electron chi connectivity index (χ4n) is 1.93. The minimum Gasteiger partial charge on any atom is -0.496 e. The minimum atomic E-state index is -4.45. The van der Waals surface area contributed by atoms with Crippen LogP contribution in [0.3, 0.4) is 0 Å². The quantitative estimate of drug-likeness (QED) is 0.844. The van der Waals surface area contributed by atoms with Crippen LogP contribution in [-0.4, -0.2) is 43.8 Å². The highest BCUT2D eigenvalue weighted by Crippen LogP contribution is 2.35. The lowest BCUT2D eigenvalue weighted by Gasteiger charge is -2.23. The van der Waals surface area contributed by atoms with Gasteiger partial charge in [-0.15, -0.1) is 0 Å². The van der Waals surface area contributed by atoms with E-state index < -0.39 is 23.9 Å². The molecule has 1 aromatic rings. The molecule has 0 aliphatic carbocycles. The van der Waals surface area contributed by atoms with Crippen molar-refractivity contribution in [1.82, 2.24) is 4.90 Å². The molecule has 1 rings (SSSR count). The van der Waals surface area contributed by atoms with E-state index in [1.165, 1.54) is 13.2 Å². The molecule has 0 saturated heterocycles. The average molecular weight is 306 g/mol. The van der Waals surface area contributed by atoms with E-state index in [4.69, 9.17) is 10.5 Å². The van der Waals surface area contributed by atoms with Crippen molar-refractivity contribution in [3.63, 3.8) is 0 Å². The van der Waals surface area contributed by atoms with Gasteiger partial charge in [0.05, 0.1) is 18.8 Å². The molecular weight excluding hydrogens is 285 g/mol. The Morgan fingerprint density at radius 2 is 1.95 bits per heavy atom. The number of aliphatic hydroxyl groups excluding tert-OH is 1. The first-order valence-electron chi connectivity index (χ1n) is 6.50. The molecule has 0 radical (unpaired) electrons. The van der Waals surface area contributed by atoms with E-state index >= 15 is 0 Å². The number of nitrogens with zero attached hydrogens (tertiary/aromatic N) is 1. The maximum atomic E-state index is 12.7. The van der Waals surface area contributed by atoms with Crippen molar-refractivity contribution in [2.45, 2.75) is 24.7 Å². The van der Waals surface area contributed by atoms with Crippen molar-refractivity contribution in [2.75, 3.05) is 27.7 Å². The van der Waals surface area contributed by atoms with Crippen LogP contribution in [-0.2, 0) is 6.18 Å². The number of alkyl halides is 3. The second-order valence-electron chi connectivity index (χ2n) is 5.16. The van der Waals surface area contributed by atoms with Gasteiger partial charge in [-0.1, -0.05) is 6.07 Å². The second kappa shape index (κ2) is 7.11. The van der Waals surface area contributed by atoms with Crippen LogP contribution in [0.2, 0.25) is 0 Å². The highest BCUT2D eigenvalue weighted by Gasteiger charge is 2.32. The summed E-state index contributed by atoms with van der Waals surface area (Å²) >= 11 is 0. The first kappa shape index (κ1) is 17.7. The fraction of sp³-hybridized carbons (Fsp3) is 0.571. The number of methoxy groups -OCH3 is 1. The van der Waals surface area contributed by atoms with Gasteiger partial charge in [0.15, 0.2) is 0 Å². The Morgan fingerprint density at radius 1 is 1.33 bits per heavy atom. The summed E-state index contributed by atoms with van der Waals surface area (Å²) < 4.78 is 42.9. The number of nitrogens with two attached hydrogens (primary N) is 1. The third-order valence-electron chi connectivity index (χ3n) is 3.19. The van der Waals surface area contributed by atoms with Crippen molar-refractivity contribution >= 4 is 0 Å². The van der Waals surface area contributed by atoms with E-state index in [-0.39, 0.29) is 11.3 Å². The van der Waals surface area contributed by atoms with Crippen LogP contribution in [0.25, 0.3) is 0 Å². The van der Waals surface area contributed by atoms with Crippen LogP contribution >= 0.6 is 0 Å². The topological polar surface area (TPSA) is 58.7 Å². The molecule has 21 heavy (non-hydrogen) atoms. The summed E-state index contributed by atoms with van der Waals surface area (Å²) in [4.78, 5) is 1.91. The van der Waals surface area contributed by atoms with Gasteiger partial charge in [-0.3, -0.25) is 0 Å². The largest absolute Gasteiger partial charge is 0.496 e. The van der Waals surface area contributed by atoms with E-state index in [1.54, 1.807) is 0 Å². The van der Waals surface area contributed by atoms with E-state index in [9.17, 15) is 18.3 Å². The van der Waals surface area contributed by atoms with Crippen LogP contribution in [0, 0.1) is 0 Å². The molecule has 2 atom stereocenters. The minimum absolute atomic E-state index is 0.0161. The van der Waals surface area contributed by atoms with Crippen molar-refractivity contribution in [1.29, 1.82) is 0 Å². The van der Waals surface area contributed by atoms with Crippen molar-refractivity contribution < 1.29 is 23.0 Å². The van der Waals surface area contributed by atoms with Crippen LogP contribution in [0.5, 0.6) is 5.75 Å². The van der Waals surface area contributed by atoms with Gasteiger partial charge in [0, 0.05) is 11.6 Å². The van der Waals surface area contributed by atoms with Gasteiger partial charge in [0.2, 0.25) is 0 Å². The third kappa shape index (κ3) is 4.87. The highest BCUT2D eigenvalue weighted by atomic mass is 19.4. The van der Waals surface area contributed by atoms with E-state index in [0.717, 1.165) is 12.1 Å². The molecule has 1 aromatic carbocycles. The lowest BCUT2D eigenvalue weighted by molar-refractivity contribution is -0.137. The first-order valence-corrected chi connectivity index (χ1v) is 6.50. The number of ether oxygens (including phenoxy) is 1. The molecule has 0 saturated carbocycles. The summed E-state index contributed by atoms with van der Waals surface area (Å²) in [6, 6.07) is 2.41. The third-order valence-corrected chi connectivity index (χ3v) is 3.19.